The third-order valence-corrected chi connectivity index (χ3v) is 13.7. The van der Waals surface area contributed by atoms with Gasteiger partial charge in [-0.1, -0.05) is 192 Å². The number of esters is 2. The summed E-state index contributed by atoms with van der Waals surface area (Å²) in [7, 11) is 0. The molecule has 7 N–H and O–H groups in total. The lowest BCUT2D eigenvalue weighted by Gasteiger charge is -2.42. The van der Waals surface area contributed by atoms with E-state index >= 15 is 0 Å². The molecular formula is C56H102O15. The number of ether oxygens (including phenoxy) is 6. The van der Waals surface area contributed by atoms with Crippen LogP contribution in [0.4, 0.5) is 0 Å². The maximum atomic E-state index is 13.1. The zero-order valence-electron chi connectivity index (χ0n) is 44.2. The van der Waals surface area contributed by atoms with E-state index in [1.54, 1.807) is 0 Å². The third-order valence-electron chi connectivity index (χ3n) is 13.7. The van der Waals surface area contributed by atoms with Crippen LogP contribution >= 0.6 is 0 Å². The second kappa shape index (κ2) is 43.2. The van der Waals surface area contributed by atoms with Crippen LogP contribution in [-0.4, -0.2) is 142 Å². The Hall–Kier alpha value is -2.02. The largest absolute Gasteiger partial charge is 0.462 e. The molecule has 0 radical (unpaired) electrons. The molecule has 0 aliphatic carbocycles. The fourth-order valence-corrected chi connectivity index (χ4v) is 9.01. The van der Waals surface area contributed by atoms with Crippen LogP contribution in [0.15, 0.2) is 24.3 Å². The first kappa shape index (κ1) is 65.1. The normalized spacial score (nSPS) is 25.3. The zero-order valence-corrected chi connectivity index (χ0v) is 44.2. The first-order valence-corrected chi connectivity index (χ1v) is 28.4. The molecule has 15 heteroatoms. The van der Waals surface area contributed by atoms with Crippen LogP contribution in [0.3, 0.4) is 0 Å². The molecule has 0 aromatic carbocycles. The van der Waals surface area contributed by atoms with Gasteiger partial charge >= 0.3 is 11.9 Å². The summed E-state index contributed by atoms with van der Waals surface area (Å²) in [6, 6.07) is 0. The van der Waals surface area contributed by atoms with Gasteiger partial charge in [-0.2, -0.15) is 0 Å². The number of unbranched alkanes of at least 4 members (excludes halogenated alkanes) is 27. The SMILES string of the molecule is CCCCC/C=C/C/C=C/CCCCCCCCCCCC(=O)O[C@H](COC(=O)CCCCCCCCCCCCCCCCCC)CO[C@H]1O[C@@H](CO[C@H]2O[C@@H](CO)[C@@H](O)C(O)C2O)[C@@H](O)C(O)C1O. The Balaban J connectivity index is 1.76. The Bertz CT molecular complexity index is 1330. The van der Waals surface area contributed by atoms with Gasteiger partial charge in [-0.05, 0) is 44.9 Å². The first-order chi connectivity index (χ1) is 34.5. The lowest BCUT2D eigenvalue weighted by molar-refractivity contribution is -0.332. The number of carbonyl (C=O) groups is 2. The fourth-order valence-electron chi connectivity index (χ4n) is 9.01. The highest BCUT2D eigenvalue weighted by Gasteiger charge is 2.47. The second-order valence-electron chi connectivity index (χ2n) is 20.1. The highest BCUT2D eigenvalue weighted by atomic mass is 16.7. The number of hydrogen-bond donors (Lipinski definition) is 7. The van der Waals surface area contributed by atoms with Crippen molar-refractivity contribution in [2.45, 2.75) is 293 Å². The number of allylic oxidation sites excluding steroid dienone is 4. The minimum absolute atomic E-state index is 0.163. The van der Waals surface area contributed by atoms with Crippen LogP contribution < -0.4 is 0 Å². The maximum Gasteiger partial charge on any atom is 0.306 e. The summed E-state index contributed by atoms with van der Waals surface area (Å²) in [5.41, 5.74) is 0. The molecule has 4 unspecified atom stereocenters. The van der Waals surface area contributed by atoms with E-state index in [1.807, 2.05) is 0 Å². The summed E-state index contributed by atoms with van der Waals surface area (Å²) in [4.78, 5) is 25.9. The number of carbonyl (C=O) groups excluding carboxylic acids is 2. The third kappa shape index (κ3) is 30.8. The monoisotopic (exact) mass is 1010 g/mol. The molecule has 2 heterocycles. The molecule has 0 spiro atoms. The van der Waals surface area contributed by atoms with Crippen LogP contribution in [-0.2, 0) is 38.0 Å². The molecule has 15 nitrogen and oxygen atoms in total. The van der Waals surface area contributed by atoms with Crippen molar-refractivity contribution in [2.75, 3.05) is 26.4 Å². The zero-order chi connectivity index (χ0) is 51.7. The minimum Gasteiger partial charge on any atom is -0.462 e. The molecule has 2 aliphatic heterocycles. The van der Waals surface area contributed by atoms with Crippen LogP contribution in [0.1, 0.15) is 226 Å². The predicted octanol–water partition coefficient (Wildman–Crippen LogP) is 9.11. The van der Waals surface area contributed by atoms with Crippen LogP contribution in [0.5, 0.6) is 0 Å². The minimum atomic E-state index is -1.76. The number of hydrogen-bond acceptors (Lipinski definition) is 15. The van der Waals surface area contributed by atoms with Crippen LogP contribution in [0.2, 0.25) is 0 Å². The lowest BCUT2D eigenvalue weighted by Crippen LogP contribution is -2.61. The topological polar surface area (TPSA) is 231 Å². The van der Waals surface area contributed by atoms with E-state index < -0.39 is 92.7 Å². The predicted molar refractivity (Wildman–Crippen MR) is 275 cm³/mol. The highest BCUT2D eigenvalue weighted by Crippen LogP contribution is 2.27. The molecule has 0 saturated carbocycles. The van der Waals surface area contributed by atoms with Crippen molar-refractivity contribution in [2.24, 2.45) is 0 Å². The Morgan fingerprint density at radius 3 is 1.34 bits per heavy atom. The van der Waals surface area contributed by atoms with Crippen molar-refractivity contribution in [1.82, 2.24) is 0 Å². The quantitative estimate of drug-likeness (QED) is 0.0171. The fraction of sp³-hybridized carbons (Fsp3) is 0.893. The molecule has 0 amide bonds. The van der Waals surface area contributed by atoms with E-state index in [2.05, 4.69) is 38.2 Å². The van der Waals surface area contributed by atoms with Crippen LogP contribution in [0.25, 0.3) is 0 Å². The molecule has 0 aromatic heterocycles. The Morgan fingerprint density at radius 2 is 0.845 bits per heavy atom. The molecule has 11 atom stereocenters. The summed E-state index contributed by atoms with van der Waals surface area (Å²) in [5.74, 6) is -0.918. The summed E-state index contributed by atoms with van der Waals surface area (Å²) in [6.07, 6.45) is 29.1. The van der Waals surface area contributed by atoms with Gasteiger partial charge < -0.3 is 64.2 Å². The van der Waals surface area contributed by atoms with Gasteiger partial charge in [0.25, 0.3) is 0 Å². The van der Waals surface area contributed by atoms with Gasteiger partial charge in [-0.25, -0.2) is 0 Å². The van der Waals surface area contributed by atoms with Gasteiger partial charge in [0.1, 0.15) is 55.4 Å². The van der Waals surface area contributed by atoms with Gasteiger partial charge in [0.15, 0.2) is 18.7 Å². The number of aliphatic hydroxyl groups is 7. The summed E-state index contributed by atoms with van der Waals surface area (Å²) in [6.45, 7) is 2.60. The van der Waals surface area contributed by atoms with Crippen molar-refractivity contribution in [3.05, 3.63) is 24.3 Å². The van der Waals surface area contributed by atoms with Gasteiger partial charge in [0.05, 0.1) is 19.8 Å². The van der Waals surface area contributed by atoms with E-state index in [1.165, 1.54) is 128 Å². The van der Waals surface area contributed by atoms with Gasteiger partial charge in [-0.3, -0.25) is 9.59 Å². The molecule has 2 saturated heterocycles. The van der Waals surface area contributed by atoms with Crippen molar-refractivity contribution in [3.63, 3.8) is 0 Å². The second-order valence-corrected chi connectivity index (χ2v) is 20.1. The molecule has 0 aromatic rings. The Labute approximate surface area is 428 Å². The standard InChI is InChI=1S/C56H102O15/c1-3-5-7-9-11-13-15-17-19-21-22-23-25-27-29-31-33-35-37-39-48(59)69-44(41-66-47(58)38-36-34-32-30-28-26-24-20-18-16-14-12-10-8-6-4-2)42-67-55-54(65)52(63)50(61)46(71-55)43-68-56-53(64)51(62)49(60)45(40-57)70-56/h11,13,17,19,44-46,49-57,60-65H,3-10,12,14-16,18,20-43H2,1-2H3/b13-11+,19-17+/t44-,45+,46+,49-,50-,51?,52?,53?,54?,55+,56+/m1/s1. The van der Waals surface area contributed by atoms with E-state index in [0.29, 0.717) is 12.8 Å². The molecule has 2 fully saturated rings. The maximum absolute atomic E-state index is 13.1. The molecule has 416 valence electrons. The van der Waals surface area contributed by atoms with Crippen molar-refractivity contribution >= 4 is 11.9 Å². The number of aliphatic hydroxyl groups excluding tert-OH is 7. The van der Waals surface area contributed by atoms with Crippen molar-refractivity contribution in [1.29, 1.82) is 0 Å². The molecule has 0 bridgehead atoms. The molecular weight excluding hydrogens is 913 g/mol. The van der Waals surface area contributed by atoms with E-state index in [9.17, 15) is 45.3 Å². The van der Waals surface area contributed by atoms with Gasteiger partial charge in [0, 0.05) is 12.8 Å². The van der Waals surface area contributed by atoms with Crippen molar-refractivity contribution < 1.29 is 73.8 Å². The lowest BCUT2D eigenvalue weighted by atomic mass is 9.98. The molecule has 2 aliphatic rings. The molecule has 2 rings (SSSR count). The van der Waals surface area contributed by atoms with Crippen molar-refractivity contribution in [3.8, 4) is 0 Å². The van der Waals surface area contributed by atoms with E-state index in [0.717, 1.165) is 57.8 Å². The Morgan fingerprint density at radius 1 is 0.451 bits per heavy atom. The van der Waals surface area contributed by atoms with Crippen LogP contribution in [0, 0.1) is 0 Å². The van der Waals surface area contributed by atoms with Gasteiger partial charge in [-0.15, -0.1) is 0 Å². The summed E-state index contributed by atoms with van der Waals surface area (Å²) < 4.78 is 33.7. The summed E-state index contributed by atoms with van der Waals surface area (Å²) in [5, 5.41) is 72.2. The van der Waals surface area contributed by atoms with E-state index in [-0.39, 0.29) is 26.1 Å². The average Bonchev–Trinajstić information content (AvgIpc) is 3.36. The average molecular weight is 1020 g/mol. The summed E-state index contributed by atoms with van der Waals surface area (Å²) >= 11 is 0. The van der Waals surface area contributed by atoms with Gasteiger partial charge in [0.2, 0.25) is 0 Å². The first-order valence-electron chi connectivity index (χ1n) is 28.4. The number of rotatable bonds is 45. The Kier molecular flexibility index (Phi) is 39.6. The smallest absolute Gasteiger partial charge is 0.306 e. The molecule has 71 heavy (non-hydrogen) atoms. The highest BCUT2D eigenvalue weighted by molar-refractivity contribution is 5.70. The van der Waals surface area contributed by atoms with E-state index in [4.69, 9.17) is 28.4 Å².